The highest BCUT2D eigenvalue weighted by atomic mass is 19.1. The smallest absolute Gasteiger partial charge is 0.408 e. The highest BCUT2D eigenvalue weighted by Gasteiger charge is 2.40. The van der Waals surface area contributed by atoms with Crippen LogP contribution in [0.1, 0.15) is 40.5 Å². The lowest BCUT2D eigenvalue weighted by Gasteiger charge is -2.49. The highest BCUT2D eigenvalue weighted by Crippen LogP contribution is 2.36. The van der Waals surface area contributed by atoms with Crippen molar-refractivity contribution in [1.29, 1.82) is 0 Å². The summed E-state index contributed by atoms with van der Waals surface area (Å²) in [5.41, 5.74) is 1.50. The van der Waals surface area contributed by atoms with E-state index in [1.165, 1.54) is 22.7 Å². The first-order valence-electron chi connectivity index (χ1n) is 12.9. The molecule has 204 valence electrons. The van der Waals surface area contributed by atoms with Crippen LogP contribution in [0.3, 0.4) is 0 Å². The zero-order chi connectivity index (χ0) is 27.9. The lowest BCUT2D eigenvalue weighted by Crippen LogP contribution is -2.60. The molecule has 9 nitrogen and oxygen atoms in total. The summed E-state index contributed by atoms with van der Waals surface area (Å²) >= 11 is 0. The molecule has 1 aliphatic rings. The molecule has 2 unspecified atom stereocenters. The molecule has 4 heterocycles. The van der Waals surface area contributed by atoms with Gasteiger partial charge in [-0.2, -0.15) is 9.61 Å². The molecule has 2 atom stereocenters. The Labute approximate surface area is 225 Å². The zero-order valence-electron chi connectivity index (χ0n) is 22.3. The molecular weight excluding hydrogens is 504 g/mol. The average molecular weight is 536 g/mol. The number of nitrogens with one attached hydrogen (secondary N) is 1. The van der Waals surface area contributed by atoms with Gasteiger partial charge < -0.3 is 15.3 Å². The van der Waals surface area contributed by atoms with Crippen LogP contribution in [0.25, 0.3) is 16.8 Å². The first-order chi connectivity index (χ1) is 18.6. The standard InChI is InChI=1S/C28H31F2N7O2/c1-17-23(36(27(38)39)28(2,3)4)9-6-14-35(17)24-12-13-31-16-22(24)33-26-32-15-18-10-11-21(34-37(18)26)25-19(29)7-5-8-20(25)30/h5,7-8,10-13,15-17,23H,6,9,14H2,1-4H3,(H,32,33)(H,38,39). The fraction of sp³-hybridized carbons (Fsp3) is 0.357. The maximum Gasteiger partial charge on any atom is 0.408 e. The van der Waals surface area contributed by atoms with Gasteiger partial charge in [0.15, 0.2) is 0 Å². The second-order valence-electron chi connectivity index (χ2n) is 10.7. The second kappa shape index (κ2) is 10.1. The molecule has 2 N–H and O–H groups in total. The quantitative estimate of drug-likeness (QED) is 0.326. The third kappa shape index (κ3) is 4.96. The van der Waals surface area contributed by atoms with Crippen LogP contribution in [0.2, 0.25) is 0 Å². The Morgan fingerprint density at radius 1 is 1.13 bits per heavy atom. The Morgan fingerprint density at radius 2 is 1.87 bits per heavy atom. The number of aromatic nitrogens is 4. The number of amides is 1. The van der Waals surface area contributed by atoms with Gasteiger partial charge in [0.2, 0.25) is 5.95 Å². The Morgan fingerprint density at radius 3 is 2.56 bits per heavy atom. The molecule has 0 aliphatic carbocycles. The van der Waals surface area contributed by atoms with Crippen LogP contribution >= 0.6 is 0 Å². The third-order valence-electron chi connectivity index (χ3n) is 7.16. The number of hydrogen-bond acceptors (Lipinski definition) is 6. The lowest BCUT2D eigenvalue weighted by molar-refractivity contribution is 0.0531. The first kappa shape index (κ1) is 26.3. The molecule has 1 amide bonds. The third-order valence-corrected chi connectivity index (χ3v) is 7.16. The van der Waals surface area contributed by atoms with Gasteiger partial charge in [0.1, 0.15) is 11.6 Å². The van der Waals surface area contributed by atoms with Gasteiger partial charge in [0.25, 0.3) is 0 Å². The normalized spacial score (nSPS) is 17.8. The molecule has 0 radical (unpaired) electrons. The molecular formula is C28H31F2N7O2. The molecule has 1 fully saturated rings. The molecule has 1 saturated heterocycles. The Balaban J connectivity index is 1.49. The maximum atomic E-state index is 14.4. The summed E-state index contributed by atoms with van der Waals surface area (Å²) in [6.07, 6.45) is 5.62. The summed E-state index contributed by atoms with van der Waals surface area (Å²) < 4.78 is 30.4. The van der Waals surface area contributed by atoms with Crippen molar-refractivity contribution >= 4 is 28.9 Å². The number of nitrogens with zero attached hydrogens (tertiary/aromatic N) is 6. The summed E-state index contributed by atoms with van der Waals surface area (Å²) in [6.45, 7) is 8.50. The van der Waals surface area contributed by atoms with E-state index in [4.69, 9.17) is 0 Å². The van der Waals surface area contributed by atoms with Gasteiger partial charge in [0, 0.05) is 24.3 Å². The van der Waals surface area contributed by atoms with Crippen molar-refractivity contribution in [1.82, 2.24) is 24.5 Å². The highest BCUT2D eigenvalue weighted by molar-refractivity contribution is 5.74. The monoisotopic (exact) mass is 535 g/mol. The number of fused-ring (bicyclic) bond motifs is 1. The minimum absolute atomic E-state index is 0.109. The summed E-state index contributed by atoms with van der Waals surface area (Å²) in [6, 6.07) is 8.51. The topological polar surface area (TPSA) is 98.9 Å². The predicted molar refractivity (Wildman–Crippen MR) is 145 cm³/mol. The molecule has 5 rings (SSSR count). The van der Waals surface area contributed by atoms with Crippen molar-refractivity contribution in [2.75, 3.05) is 16.8 Å². The van der Waals surface area contributed by atoms with Gasteiger partial charge in [-0.05, 0) is 70.9 Å². The van der Waals surface area contributed by atoms with Crippen LogP contribution in [-0.2, 0) is 0 Å². The Hall–Kier alpha value is -4.28. The summed E-state index contributed by atoms with van der Waals surface area (Å²) in [5, 5.41) is 17.8. The van der Waals surface area contributed by atoms with Crippen LogP contribution in [0.15, 0.2) is 55.0 Å². The number of hydrogen-bond donors (Lipinski definition) is 2. The van der Waals surface area contributed by atoms with Crippen LogP contribution < -0.4 is 10.2 Å². The van der Waals surface area contributed by atoms with Gasteiger partial charge in [0.05, 0.1) is 46.6 Å². The zero-order valence-corrected chi connectivity index (χ0v) is 22.3. The fourth-order valence-electron chi connectivity index (χ4n) is 5.43. The van der Waals surface area contributed by atoms with Crippen LogP contribution in [0.4, 0.5) is 30.9 Å². The van der Waals surface area contributed by atoms with Crippen molar-refractivity contribution < 1.29 is 18.7 Å². The number of piperidine rings is 1. The molecule has 1 aliphatic heterocycles. The fourth-order valence-corrected chi connectivity index (χ4v) is 5.43. The number of rotatable bonds is 5. The predicted octanol–water partition coefficient (Wildman–Crippen LogP) is 5.95. The van der Waals surface area contributed by atoms with Crippen molar-refractivity contribution in [3.8, 4) is 11.3 Å². The van der Waals surface area contributed by atoms with Gasteiger partial charge >= 0.3 is 6.09 Å². The molecule has 0 saturated carbocycles. The minimum atomic E-state index is -0.939. The average Bonchev–Trinajstić information content (AvgIpc) is 3.27. The van der Waals surface area contributed by atoms with Crippen LogP contribution in [-0.4, -0.2) is 59.8 Å². The second-order valence-corrected chi connectivity index (χ2v) is 10.7. The number of carbonyl (C=O) groups is 1. The SMILES string of the molecule is CC1C(N(C(=O)O)C(C)(C)C)CCCN1c1ccncc1Nc1ncc2ccc(-c3c(F)cccc3F)nn12. The number of carboxylic acid groups (broad SMARTS) is 1. The van der Waals surface area contributed by atoms with E-state index < -0.39 is 23.3 Å². The van der Waals surface area contributed by atoms with Crippen LogP contribution in [0.5, 0.6) is 0 Å². The first-order valence-corrected chi connectivity index (χ1v) is 12.9. The molecule has 0 bridgehead atoms. The Kier molecular flexibility index (Phi) is 6.83. The lowest BCUT2D eigenvalue weighted by atomic mass is 9.91. The molecule has 11 heteroatoms. The van der Waals surface area contributed by atoms with Gasteiger partial charge in [-0.1, -0.05) is 6.07 Å². The van der Waals surface area contributed by atoms with Crippen molar-refractivity contribution in [3.05, 3.63) is 66.6 Å². The van der Waals surface area contributed by atoms with Crippen molar-refractivity contribution in [3.63, 3.8) is 0 Å². The molecule has 39 heavy (non-hydrogen) atoms. The van der Waals surface area contributed by atoms with Gasteiger partial charge in [-0.25, -0.2) is 18.6 Å². The van der Waals surface area contributed by atoms with Crippen LogP contribution in [0, 0.1) is 11.6 Å². The van der Waals surface area contributed by atoms with Crippen molar-refractivity contribution in [2.24, 2.45) is 0 Å². The summed E-state index contributed by atoms with van der Waals surface area (Å²) in [5.74, 6) is -1.06. The van der Waals surface area contributed by atoms with E-state index in [-0.39, 0.29) is 23.3 Å². The molecule has 1 aromatic carbocycles. The Bertz CT molecular complexity index is 1500. The number of imidazole rings is 1. The number of benzene rings is 1. The molecule has 4 aromatic rings. The van der Waals surface area contributed by atoms with Gasteiger partial charge in [-0.15, -0.1) is 0 Å². The van der Waals surface area contributed by atoms with E-state index >= 15 is 0 Å². The van der Waals surface area contributed by atoms with E-state index in [1.807, 2.05) is 33.8 Å². The number of halogens is 2. The van der Waals surface area contributed by atoms with E-state index in [2.05, 4.69) is 25.3 Å². The molecule has 3 aromatic heterocycles. The van der Waals surface area contributed by atoms with Crippen molar-refractivity contribution in [2.45, 2.75) is 58.2 Å². The maximum absolute atomic E-state index is 14.4. The van der Waals surface area contributed by atoms with E-state index in [9.17, 15) is 18.7 Å². The molecule has 0 spiro atoms. The summed E-state index contributed by atoms with van der Waals surface area (Å²) in [4.78, 5) is 24.7. The van der Waals surface area contributed by atoms with E-state index in [0.29, 0.717) is 17.2 Å². The van der Waals surface area contributed by atoms with E-state index in [0.717, 1.165) is 25.1 Å². The largest absolute Gasteiger partial charge is 0.465 e. The minimum Gasteiger partial charge on any atom is -0.465 e. The van der Waals surface area contributed by atoms with E-state index in [1.54, 1.807) is 35.6 Å². The number of anilines is 3. The number of pyridine rings is 1. The van der Waals surface area contributed by atoms with Gasteiger partial charge in [-0.3, -0.25) is 9.88 Å². The summed E-state index contributed by atoms with van der Waals surface area (Å²) in [7, 11) is 0.